The Labute approximate surface area is 147 Å². The third-order valence-electron chi connectivity index (χ3n) is 4.01. The Morgan fingerprint density at radius 3 is 2.40 bits per heavy atom. The molecule has 0 radical (unpaired) electrons. The summed E-state index contributed by atoms with van der Waals surface area (Å²) < 4.78 is 5.23. The highest BCUT2D eigenvalue weighted by atomic mass is 16.3. The van der Waals surface area contributed by atoms with E-state index in [9.17, 15) is 14.7 Å². The first-order valence-corrected chi connectivity index (χ1v) is 8.25. The van der Waals surface area contributed by atoms with Crippen LogP contribution in [0.4, 0.5) is 0 Å². The zero-order chi connectivity index (χ0) is 18.4. The average Bonchev–Trinajstić information content (AvgIpc) is 3.11. The van der Waals surface area contributed by atoms with E-state index in [0.29, 0.717) is 11.3 Å². The predicted molar refractivity (Wildman–Crippen MR) is 93.9 cm³/mol. The number of rotatable bonds is 7. The number of amides is 2. The van der Waals surface area contributed by atoms with Crippen LogP contribution in [-0.2, 0) is 4.79 Å². The molecule has 6 nitrogen and oxygen atoms in total. The van der Waals surface area contributed by atoms with Crippen LogP contribution in [0.5, 0.6) is 0 Å². The minimum atomic E-state index is -0.726. The zero-order valence-corrected chi connectivity index (χ0v) is 14.7. The average molecular weight is 344 g/mol. The molecule has 2 rings (SSSR count). The SMILES string of the molecule is Cc1ccccc1C(=O)NC(C(=O)NC(CO)c1ccco1)C(C)C. The highest BCUT2D eigenvalue weighted by Gasteiger charge is 2.27. The normalized spacial score (nSPS) is 13.3. The third kappa shape index (κ3) is 4.70. The van der Waals surface area contributed by atoms with Crippen molar-refractivity contribution in [1.29, 1.82) is 0 Å². The van der Waals surface area contributed by atoms with E-state index in [1.54, 1.807) is 24.3 Å². The zero-order valence-electron chi connectivity index (χ0n) is 14.7. The van der Waals surface area contributed by atoms with Gasteiger partial charge >= 0.3 is 0 Å². The van der Waals surface area contributed by atoms with E-state index in [0.717, 1.165) is 5.56 Å². The molecule has 0 aliphatic rings. The summed E-state index contributed by atoms with van der Waals surface area (Å²) in [6, 6.07) is 9.19. The first-order chi connectivity index (χ1) is 11.9. The van der Waals surface area contributed by atoms with Gasteiger partial charge in [0, 0.05) is 5.56 Å². The minimum Gasteiger partial charge on any atom is -0.467 e. The highest BCUT2D eigenvalue weighted by molar-refractivity contribution is 5.98. The summed E-state index contributed by atoms with van der Waals surface area (Å²) in [7, 11) is 0. The van der Waals surface area contributed by atoms with Gasteiger partial charge in [-0.15, -0.1) is 0 Å². The van der Waals surface area contributed by atoms with Crippen LogP contribution in [0.3, 0.4) is 0 Å². The van der Waals surface area contributed by atoms with Gasteiger partial charge in [0.2, 0.25) is 5.91 Å². The molecular formula is C19H24N2O4. The molecule has 1 heterocycles. The molecule has 3 N–H and O–H groups in total. The maximum atomic E-state index is 12.6. The summed E-state index contributed by atoms with van der Waals surface area (Å²) in [6.45, 7) is 5.25. The fraction of sp³-hybridized carbons (Fsp3) is 0.368. The molecule has 0 aliphatic carbocycles. The van der Waals surface area contributed by atoms with Crippen molar-refractivity contribution < 1.29 is 19.1 Å². The maximum absolute atomic E-state index is 12.6. The number of carbonyl (C=O) groups excluding carboxylic acids is 2. The van der Waals surface area contributed by atoms with Crippen LogP contribution >= 0.6 is 0 Å². The molecule has 6 heteroatoms. The third-order valence-corrected chi connectivity index (χ3v) is 4.01. The van der Waals surface area contributed by atoms with Crippen molar-refractivity contribution in [3.8, 4) is 0 Å². The molecular weight excluding hydrogens is 320 g/mol. The number of aliphatic hydroxyl groups is 1. The van der Waals surface area contributed by atoms with E-state index in [4.69, 9.17) is 4.42 Å². The number of benzene rings is 1. The summed E-state index contributed by atoms with van der Waals surface area (Å²) >= 11 is 0. The van der Waals surface area contributed by atoms with Crippen molar-refractivity contribution in [1.82, 2.24) is 10.6 Å². The first-order valence-electron chi connectivity index (χ1n) is 8.25. The molecule has 0 spiro atoms. The molecule has 25 heavy (non-hydrogen) atoms. The summed E-state index contributed by atoms with van der Waals surface area (Å²) in [5, 5.41) is 15.0. The minimum absolute atomic E-state index is 0.121. The van der Waals surface area contributed by atoms with Gasteiger partial charge in [-0.3, -0.25) is 9.59 Å². The molecule has 0 bridgehead atoms. The summed E-state index contributed by atoms with van der Waals surface area (Å²) in [5.74, 6) is -0.328. The number of hydrogen-bond acceptors (Lipinski definition) is 4. The van der Waals surface area contributed by atoms with Crippen LogP contribution in [0.15, 0.2) is 47.1 Å². The molecule has 0 saturated carbocycles. The summed E-state index contributed by atoms with van der Waals surface area (Å²) in [5.41, 5.74) is 1.37. The Morgan fingerprint density at radius 1 is 1.12 bits per heavy atom. The van der Waals surface area contributed by atoms with Crippen LogP contribution in [0, 0.1) is 12.8 Å². The molecule has 2 aromatic rings. The van der Waals surface area contributed by atoms with Crippen molar-refractivity contribution in [2.24, 2.45) is 5.92 Å². The Kier molecular flexibility index (Phi) is 6.36. The second-order valence-corrected chi connectivity index (χ2v) is 6.27. The van der Waals surface area contributed by atoms with Crippen LogP contribution in [-0.4, -0.2) is 29.6 Å². The predicted octanol–water partition coefficient (Wildman–Crippen LogP) is 2.19. The molecule has 134 valence electrons. The van der Waals surface area contributed by atoms with Gasteiger partial charge in [-0.25, -0.2) is 0 Å². The van der Waals surface area contributed by atoms with Crippen LogP contribution in [0.1, 0.15) is 41.6 Å². The largest absolute Gasteiger partial charge is 0.467 e. The van der Waals surface area contributed by atoms with Gasteiger partial charge in [0.05, 0.1) is 12.9 Å². The lowest BCUT2D eigenvalue weighted by Crippen LogP contribution is -2.50. The van der Waals surface area contributed by atoms with Crippen LogP contribution < -0.4 is 10.6 Å². The van der Waals surface area contributed by atoms with E-state index in [1.165, 1.54) is 6.26 Å². The fourth-order valence-corrected chi connectivity index (χ4v) is 2.54. The number of hydrogen-bond donors (Lipinski definition) is 3. The van der Waals surface area contributed by atoms with E-state index in [-0.39, 0.29) is 24.3 Å². The molecule has 0 fully saturated rings. The molecule has 0 saturated heterocycles. The molecule has 2 amide bonds. The number of furan rings is 1. The van der Waals surface area contributed by atoms with Gasteiger partial charge in [-0.1, -0.05) is 32.0 Å². The Morgan fingerprint density at radius 2 is 1.84 bits per heavy atom. The fourth-order valence-electron chi connectivity index (χ4n) is 2.54. The lowest BCUT2D eigenvalue weighted by atomic mass is 10.0. The van der Waals surface area contributed by atoms with Gasteiger partial charge in [-0.2, -0.15) is 0 Å². The van der Waals surface area contributed by atoms with Gasteiger partial charge in [-0.05, 0) is 36.6 Å². The highest BCUT2D eigenvalue weighted by Crippen LogP contribution is 2.14. The summed E-state index contributed by atoms with van der Waals surface area (Å²) in [6.07, 6.45) is 1.48. The van der Waals surface area contributed by atoms with Crippen molar-refractivity contribution in [3.63, 3.8) is 0 Å². The van der Waals surface area contributed by atoms with Gasteiger partial charge in [0.1, 0.15) is 17.8 Å². The van der Waals surface area contributed by atoms with Crippen molar-refractivity contribution in [2.75, 3.05) is 6.61 Å². The number of aliphatic hydroxyl groups excluding tert-OH is 1. The Balaban J connectivity index is 2.10. The quantitative estimate of drug-likeness (QED) is 0.718. The van der Waals surface area contributed by atoms with Gasteiger partial charge < -0.3 is 20.2 Å². The second-order valence-electron chi connectivity index (χ2n) is 6.27. The Hall–Kier alpha value is -2.60. The van der Waals surface area contributed by atoms with E-state index in [2.05, 4.69) is 10.6 Å². The van der Waals surface area contributed by atoms with E-state index < -0.39 is 12.1 Å². The molecule has 2 unspecified atom stereocenters. The topological polar surface area (TPSA) is 91.6 Å². The van der Waals surface area contributed by atoms with E-state index >= 15 is 0 Å². The lowest BCUT2D eigenvalue weighted by Gasteiger charge is -2.24. The van der Waals surface area contributed by atoms with E-state index in [1.807, 2.05) is 32.9 Å². The number of nitrogens with one attached hydrogen (secondary N) is 2. The number of carbonyl (C=O) groups is 2. The molecule has 1 aromatic heterocycles. The van der Waals surface area contributed by atoms with Gasteiger partial charge in [0.25, 0.3) is 5.91 Å². The smallest absolute Gasteiger partial charge is 0.252 e. The monoisotopic (exact) mass is 344 g/mol. The summed E-state index contributed by atoms with van der Waals surface area (Å²) in [4.78, 5) is 25.1. The Bertz CT molecular complexity index is 710. The lowest BCUT2D eigenvalue weighted by molar-refractivity contribution is -0.125. The van der Waals surface area contributed by atoms with Crippen molar-refractivity contribution in [2.45, 2.75) is 32.9 Å². The van der Waals surface area contributed by atoms with Crippen LogP contribution in [0.2, 0.25) is 0 Å². The first kappa shape index (κ1) is 18.7. The molecule has 1 aromatic carbocycles. The van der Waals surface area contributed by atoms with Gasteiger partial charge in [0.15, 0.2) is 0 Å². The second kappa shape index (κ2) is 8.48. The molecule has 0 aliphatic heterocycles. The maximum Gasteiger partial charge on any atom is 0.252 e. The standard InChI is InChI=1S/C19H24N2O4/c1-12(2)17(21-18(23)14-8-5-4-7-13(14)3)19(24)20-15(11-22)16-9-6-10-25-16/h4-10,12,15,17,22H,11H2,1-3H3,(H,20,24)(H,21,23). The number of aryl methyl sites for hydroxylation is 1. The van der Waals surface area contributed by atoms with Crippen molar-refractivity contribution in [3.05, 3.63) is 59.5 Å². The van der Waals surface area contributed by atoms with Crippen LogP contribution in [0.25, 0.3) is 0 Å². The molecule has 2 atom stereocenters. The van der Waals surface area contributed by atoms with Crippen molar-refractivity contribution >= 4 is 11.8 Å².